The molecule has 26 heavy (non-hydrogen) atoms. The number of nitrogens with two attached hydrogens (primary N) is 1. The molecule has 2 aromatic carbocycles. The number of rotatable bonds is 5. The Morgan fingerprint density at radius 2 is 2.00 bits per heavy atom. The minimum atomic E-state index is -0.00433. The van der Waals surface area contributed by atoms with Crippen LogP contribution in [0.15, 0.2) is 47.5 Å². The Labute approximate surface area is 152 Å². The topological polar surface area (TPSA) is 98.0 Å². The van der Waals surface area contributed by atoms with E-state index < -0.39 is 0 Å². The third-order valence-electron chi connectivity index (χ3n) is 4.24. The Balaban J connectivity index is 1.70. The average molecular weight is 354 g/mol. The van der Waals surface area contributed by atoms with Gasteiger partial charge in [0.2, 0.25) is 5.91 Å². The largest absolute Gasteiger partial charge is 0.493 e. The number of nitrogens with one attached hydrogen (secondary N) is 2. The van der Waals surface area contributed by atoms with Crippen LogP contribution in [0.4, 0.5) is 11.4 Å². The van der Waals surface area contributed by atoms with Gasteiger partial charge in [-0.3, -0.25) is 9.79 Å². The van der Waals surface area contributed by atoms with Crippen LogP contribution in [0, 0.1) is 0 Å². The zero-order valence-electron chi connectivity index (χ0n) is 14.8. The van der Waals surface area contributed by atoms with Gasteiger partial charge in [0.05, 0.1) is 20.8 Å². The molecule has 0 aliphatic carbocycles. The Morgan fingerprint density at radius 3 is 2.77 bits per heavy atom. The van der Waals surface area contributed by atoms with E-state index >= 15 is 0 Å². The molecule has 1 aliphatic heterocycles. The number of hydrogen-bond acceptors (Lipinski definition) is 4. The fraction of sp³-hybridized carbons (Fsp3) is 0.263. The summed E-state index contributed by atoms with van der Waals surface area (Å²) in [5.41, 5.74) is 8.67. The number of guanidine groups is 1. The van der Waals surface area contributed by atoms with E-state index in [0.29, 0.717) is 24.5 Å². The molecule has 0 radical (unpaired) electrons. The van der Waals surface area contributed by atoms with E-state index in [2.05, 4.69) is 15.6 Å². The molecule has 0 fully saturated rings. The fourth-order valence-corrected chi connectivity index (χ4v) is 2.97. The molecule has 1 heterocycles. The number of amides is 1. The molecular formula is C19H22N4O3. The maximum absolute atomic E-state index is 11.9. The molecule has 7 heteroatoms. The molecule has 7 nitrogen and oxygen atoms in total. The van der Waals surface area contributed by atoms with E-state index in [1.54, 1.807) is 26.4 Å². The van der Waals surface area contributed by atoms with E-state index in [0.717, 1.165) is 16.9 Å². The summed E-state index contributed by atoms with van der Waals surface area (Å²) in [6.45, 7) is 0.427. The van der Waals surface area contributed by atoms with E-state index in [1.807, 2.05) is 30.3 Å². The second kappa shape index (κ2) is 7.77. The van der Waals surface area contributed by atoms with Crippen LogP contribution in [0.1, 0.15) is 17.9 Å². The van der Waals surface area contributed by atoms with Crippen molar-refractivity contribution in [1.29, 1.82) is 0 Å². The summed E-state index contributed by atoms with van der Waals surface area (Å²) in [6.07, 6.45) is 0.393. The van der Waals surface area contributed by atoms with Gasteiger partial charge in [0.1, 0.15) is 0 Å². The Kier molecular flexibility index (Phi) is 5.26. The Morgan fingerprint density at radius 1 is 1.23 bits per heavy atom. The van der Waals surface area contributed by atoms with E-state index in [9.17, 15) is 4.79 Å². The Hall–Kier alpha value is -3.22. The smallest absolute Gasteiger partial charge is 0.225 e. The number of benzene rings is 2. The van der Waals surface area contributed by atoms with Gasteiger partial charge in [0.15, 0.2) is 17.5 Å². The number of aliphatic imine (C=N–C) groups is 1. The first-order valence-electron chi connectivity index (χ1n) is 8.28. The zero-order chi connectivity index (χ0) is 18.5. The standard InChI is InChI=1S/C19H22N4O3/c1-25-16-8-7-13(10-17(16)26-2)22-19(20)21-11-12-9-18(24)23-15-6-4-3-5-14(12)15/h3-8,10,12H,9,11H2,1-2H3,(H,23,24)(H3,20,21,22). The van der Waals surface area contributed by atoms with Gasteiger partial charge in [0, 0.05) is 29.8 Å². The molecule has 1 amide bonds. The van der Waals surface area contributed by atoms with Gasteiger partial charge < -0.3 is 25.8 Å². The molecule has 0 spiro atoms. The lowest BCUT2D eigenvalue weighted by Gasteiger charge is -2.24. The van der Waals surface area contributed by atoms with Gasteiger partial charge >= 0.3 is 0 Å². The summed E-state index contributed by atoms with van der Waals surface area (Å²) < 4.78 is 10.5. The maximum Gasteiger partial charge on any atom is 0.225 e. The van der Waals surface area contributed by atoms with Crippen molar-refractivity contribution in [2.45, 2.75) is 12.3 Å². The summed E-state index contributed by atoms with van der Waals surface area (Å²) >= 11 is 0. The predicted molar refractivity (Wildman–Crippen MR) is 102 cm³/mol. The van der Waals surface area contributed by atoms with Crippen molar-refractivity contribution in [2.24, 2.45) is 10.7 Å². The van der Waals surface area contributed by atoms with Crippen molar-refractivity contribution in [1.82, 2.24) is 0 Å². The van der Waals surface area contributed by atoms with Gasteiger partial charge in [0.25, 0.3) is 0 Å². The summed E-state index contributed by atoms with van der Waals surface area (Å²) in [4.78, 5) is 16.3. The van der Waals surface area contributed by atoms with Crippen LogP contribution < -0.4 is 25.8 Å². The number of para-hydroxylation sites is 1. The molecule has 1 atom stereocenters. The molecular weight excluding hydrogens is 332 g/mol. The monoisotopic (exact) mass is 354 g/mol. The highest BCUT2D eigenvalue weighted by atomic mass is 16.5. The minimum Gasteiger partial charge on any atom is -0.493 e. The van der Waals surface area contributed by atoms with Gasteiger partial charge in [-0.25, -0.2) is 0 Å². The number of ether oxygens (including phenoxy) is 2. The highest BCUT2D eigenvalue weighted by molar-refractivity contribution is 5.95. The van der Waals surface area contributed by atoms with Gasteiger partial charge in [-0.05, 0) is 23.8 Å². The molecule has 4 N–H and O–H groups in total. The SMILES string of the molecule is COc1ccc(NC(N)=NCC2CC(=O)Nc3ccccc32)cc1OC. The summed E-state index contributed by atoms with van der Waals surface area (Å²) in [5, 5.41) is 5.92. The third-order valence-corrected chi connectivity index (χ3v) is 4.24. The number of nitrogens with zero attached hydrogens (tertiary/aromatic N) is 1. The van der Waals surface area contributed by atoms with Crippen LogP contribution in [0.2, 0.25) is 0 Å². The lowest BCUT2D eigenvalue weighted by atomic mass is 9.91. The maximum atomic E-state index is 11.9. The lowest BCUT2D eigenvalue weighted by molar-refractivity contribution is -0.116. The first kappa shape index (κ1) is 17.6. The van der Waals surface area contributed by atoms with Crippen molar-refractivity contribution in [3.8, 4) is 11.5 Å². The fourth-order valence-electron chi connectivity index (χ4n) is 2.97. The molecule has 2 aromatic rings. The van der Waals surface area contributed by atoms with Crippen LogP contribution in [-0.4, -0.2) is 32.6 Å². The highest BCUT2D eigenvalue weighted by Crippen LogP contribution is 2.32. The zero-order valence-corrected chi connectivity index (χ0v) is 14.8. The molecule has 3 rings (SSSR count). The molecule has 0 saturated carbocycles. The van der Waals surface area contributed by atoms with Crippen LogP contribution >= 0.6 is 0 Å². The van der Waals surface area contributed by atoms with E-state index in [1.165, 1.54) is 0 Å². The second-order valence-corrected chi connectivity index (χ2v) is 5.96. The second-order valence-electron chi connectivity index (χ2n) is 5.96. The van der Waals surface area contributed by atoms with Crippen molar-refractivity contribution in [2.75, 3.05) is 31.4 Å². The highest BCUT2D eigenvalue weighted by Gasteiger charge is 2.24. The van der Waals surface area contributed by atoms with Gasteiger partial charge in [-0.15, -0.1) is 0 Å². The summed E-state index contributed by atoms with van der Waals surface area (Å²) in [5.74, 6) is 1.52. The number of anilines is 2. The first-order valence-corrected chi connectivity index (χ1v) is 8.28. The van der Waals surface area contributed by atoms with E-state index in [4.69, 9.17) is 15.2 Å². The van der Waals surface area contributed by atoms with E-state index in [-0.39, 0.29) is 17.8 Å². The van der Waals surface area contributed by atoms with Gasteiger partial charge in [-0.2, -0.15) is 0 Å². The van der Waals surface area contributed by atoms with Crippen LogP contribution in [0.5, 0.6) is 11.5 Å². The number of hydrogen-bond donors (Lipinski definition) is 3. The molecule has 1 unspecified atom stereocenters. The van der Waals surface area contributed by atoms with Crippen LogP contribution in [0.3, 0.4) is 0 Å². The molecule has 136 valence electrons. The van der Waals surface area contributed by atoms with Crippen molar-refractivity contribution in [3.05, 3.63) is 48.0 Å². The molecule has 1 aliphatic rings. The summed E-state index contributed by atoms with van der Waals surface area (Å²) in [7, 11) is 3.16. The normalized spacial score (nSPS) is 16.5. The molecule has 0 saturated heterocycles. The number of carbonyl (C=O) groups excluding carboxylic acids is 1. The number of carbonyl (C=O) groups is 1. The van der Waals surface area contributed by atoms with Crippen molar-refractivity contribution < 1.29 is 14.3 Å². The quantitative estimate of drug-likeness (QED) is 0.566. The van der Waals surface area contributed by atoms with Crippen LogP contribution in [0.25, 0.3) is 0 Å². The minimum absolute atomic E-state index is 0.00433. The number of fused-ring (bicyclic) bond motifs is 1. The molecule has 0 aromatic heterocycles. The Bertz CT molecular complexity index is 835. The van der Waals surface area contributed by atoms with Crippen molar-refractivity contribution >= 4 is 23.2 Å². The average Bonchev–Trinajstić information content (AvgIpc) is 2.65. The first-order chi connectivity index (χ1) is 12.6. The third kappa shape index (κ3) is 3.88. The van der Waals surface area contributed by atoms with Crippen molar-refractivity contribution in [3.63, 3.8) is 0 Å². The lowest BCUT2D eigenvalue weighted by Crippen LogP contribution is -2.27. The van der Waals surface area contributed by atoms with Crippen LogP contribution in [-0.2, 0) is 4.79 Å². The molecule has 0 bridgehead atoms. The van der Waals surface area contributed by atoms with Gasteiger partial charge in [-0.1, -0.05) is 18.2 Å². The summed E-state index contributed by atoms with van der Waals surface area (Å²) in [6, 6.07) is 13.2. The number of methoxy groups -OCH3 is 2. The predicted octanol–water partition coefficient (Wildman–Crippen LogP) is 2.56.